The van der Waals surface area contributed by atoms with Crippen molar-refractivity contribution in [1.82, 2.24) is 15.5 Å². The molecule has 0 saturated carbocycles. The number of hydrogen-bond donors (Lipinski definition) is 3. The maximum atomic E-state index is 14.0. The summed E-state index contributed by atoms with van der Waals surface area (Å²) in [6.07, 6.45) is -4.47. The number of alkyl halides is 3. The summed E-state index contributed by atoms with van der Waals surface area (Å²) in [4.78, 5) is 29.1. The minimum absolute atomic E-state index is 0.00391. The lowest BCUT2D eigenvalue weighted by Gasteiger charge is -2.28. The molecule has 0 aromatic heterocycles. The number of carbonyl (C=O) groups is 2. The Balaban J connectivity index is 1.29. The van der Waals surface area contributed by atoms with Crippen LogP contribution < -0.4 is 10.6 Å². The molecule has 2 unspecified atom stereocenters. The first-order valence-corrected chi connectivity index (χ1v) is 16.0. The molecule has 1 aliphatic rings. The number of aliphatic hydroxyl groups excluding tert-OH is 1. The fraction of sp³-hybridized carbons (Fsp3) is 0.316. The predicted molar refractivity (Wildman–Crippen MR) is 176 cm³/mol. The molecular formula is C38H39F4N3O3. The van der Waals surface area contributed by atoms with Gasteiger partial charge >= 0.3 is 6.18 Å². The van der Waals surface area contributed by atoms with Crippen molar-refractivity contribution in [3.63, 3.8) is 0 Å². The molecule has 0 spiro atoms. The van der Waals surface area contributed by atoms with Crippen molar-refractivity contribution in [2.45, 2.75) is 57.6 Å². The SMILES string of the molecule is Cc1cc(C2C(C)CCN2C(=O)c2cccc(C(=O)N[C@@H](Cc3ccccc3)[C@H](O)CNCc3cccc(C(F)(F)F)c3)c2)ccc1F. The van der Waals surface area contributed by atoms with Gasteiger partial charge in [-0.05, 0) is 78.3 Å². The van der Waals surface area contributed by atoms with E-state index in [9.17, 15) is 32.3 Å². The van der Waals surface area contributed by atoms with Crippen LogP contribution in [0.4, 0.5) is 17.6 Å². The average molecular weight is 662 g/mol. The summed E-state index contributed by atoms with van der Waals surface area (Å²) >= 11 is 0. The molecule has 0 bridgehead atoms. The van der Waals surface area contributed by atoms with Gasteiger partial charge in [-0.3, -0.25) is 9.59 Å². The summed E-state index contributed by atoms with van der Waals surface area (Å²) in [5, 5.41) is 17.1. The summed E-state index contributed by atoms with van der Waals surface area (Å²) in [5.74, 6) is -0.862. The Morgan fingerprint density at radius 3 is 2.35 bits per heavy atom. The lowest BCUT2D eigenvalue weighted by Crippen LogP contribution is -2.48. The molecule has 1 saturated heterocycles. The predicted octanol–water partition coefficient (Wildman–Crippen LogP) is 6.87. The molecule has 3 N–H and O–H groups in total. The molecule has 252 valence electrons. The van der Waals surface area contributed by atoms with E-state index >= 15 is 0 Å². The Kier molecular flexibility index (Phi) is 11.0. The monoisotopic (exact) mass is 661 g/mol. The van der Waals surface area contributed by atoms with Crippen molar-refractivity contribution in [2.75, 3.05) is 13.1 Å². The highest BCUT2D eigenvalue weighted by atomic mass is 19.4. The van der Waals surface area contributed by atoms with E-state index < -0.39 is 29.8 Å². The summed E-state index contributed by atoms with van der Waals surface area (Å²) < 4.78 is 53.4. The molecule has 1 fully saturated rings. The zero-order chi connectivity index (χ0) is 34.4. The van der Waals surface area contributed by atoms with Crippen LogP contribution in [0.25, 0.3) is 0 Å². The second-order valence-electron chi connectivity index (χ2n) is 12.5. The number of aliphatic hydroxyl groups is 1. The minimum atomic E-state index is -4.46. The van der Waals surface area contributed by atoms with E-state index in [2.05, 4.69) is 17.6 Å². The highest BCUT2D eigenvalue weighted by Gasteiger charge is 2.36. The number of likely N-dealkylation sites (tertiary alicyclic amines) is 1. The molecular weight excluding hydrogens is 622 g/mol. The van der Waals surface area contributed by atoms with E-state index in [-0.39, 0.29) is 42.3 Å². The Bertz CT molecular complexity index is 1730. The van der Waals surface area contributed by atoms with Crippen LogP contribution in [0.2, 0.25) is 0 Å². The topological polar surface area (TPSA) is 81.7 Å². The normalized spacial score (nSPS) is 17.6. The largest absolute Gasteiger partial charge is 0.416 e. The van der Waals surface area contributed by atoms with Crippen LogP contribution in [0.1, 0.15) is 67.9 Å². The number of nitrogens with one attached hydrogen (secondary N) is 2. The van der Waals surface area contributed by atoms with Crippen LogP contribution in [-0.2, 0) is 19.1 Å². The first kappa shape index (κ1) is 34.8. The zero-order valence-corrected chi connectivity index (χ0v) is 26.8. The molecule has 4 aromatic rings. The summed E-state index contributed by atoms with van der Waals surface area (Å²) in [5.41, 5.74) is 2.47. The highest BCUT2D eigenvalue weighted by molar-refractivity contribution is 6.00. The Morgan fingerprint density at radius 1 is 0.917 bits per heavy atom. The number of halogens is 4. The van der Waals surface area contributed by atoms with Gasteiger partial charge in [-0.2, -0.15) is 13.2 Å². The number of carbonyl (C=O) groups excluding carboxylic acids is 2. The van der Waals surface area contributed by atoms with Gasteiger partial charge in [-0.25, -0.2) is 4.39 Å². The minimum Gasteiger partial charge on any atom is -0.390 e. The lowest BCUT2D eigenvalue weighted by atomic mass is 9.94. The molecule has 4 aromatic carbocycles. The van der Waals surface area contributed by atoms with Gasteiger partial charge in [0.05, 0.1) is 23.8 Å². The van der Waals surface area contributed by atoms with Gasteiger partial charge in [0.2, 0.25) is 0 Å². The Labute approximate surface area is 277 Å². The standard InChI is InChI=1S/C38H39F4N3O3/c1-24-16-17-45(35(24)28-14-15-32(39)25(2)18-28)37(48)30-12-7-11-29(21-30)36(47)44-33(20-26-8-4-3-5-9-26)34(46)23-43-22-27-10-6-13-31(19-27)38(40,41)42/h3-15,18-19,21,24,33-35,43,46H,16-17,20,22-23H2,1-2H3,(H,44,47)/t24?,33-,34+,35?/m0/s1. The molecule has 10 heteroatoms. The fourth-order valence-electron chi connectivity index (χ4n) is 6.26. The summed E-state index contributed by atoms with van der Waals surface area (Å²) in [6.45, 7) is 4.37. The number of hydrogen-bond acceptors (Lipinski definition) is 4. The van der Waals surface area contributed by atoms with Gasteiger partial charge in [-0.15, -0.1) is 0 Å². The number of nitrogens with zero attached hydrogens (tertiary/aromatic N) is 1. The molecule has 0 radical (unpaired) electrons. The zero-order valence-electron chi connectivity index (χ0n) is 26.8. The van der Waals surface area contributed by atoms with Crippen LogP contribution in [0.5, 0.6) is 0 Å². The van der Waals surface area contributed by atoms with Gasteiger partial charge in [0.25, 0.3) is 11.8 Å². The Hall–Kier alpha value is -4.54. The van der Waals surface area contributed by atoms with Crippen molar-refractivity contribution in [1.29, 1.82) is 0 Å². The highest BCUT2D eigenvalue weighted by Crippen LogP contribution is 2.38. The van der Waals surface area contributed by atoms with E-state index in [0.29, 0.717) is 29.7 Å². The van der Waals surface area contributed by atoms with Gasteiger partial charge in [0, 0.05) is 30.8 Å². The molecule has 1 aliphatic heterocycles. The number of amides is 2. The summed E-state index contributed by atoms with van der Waals surface area (Å²) in [7, 11) is 0. The van der Waals surface area contributed by atoms with Gasteiger partial charge in [0.1, 0.15) is 5.82 Å². The average Bonchev–Trinajstić information content (AvgIpc) is 3.46. The van der Waals surface area contributed by atoms with Crippen molar-refractivity contribution in [3.8, 4) is 0 Å². The smallest absolute Gasteiger partial charge is 0.390 e. The van der Waals surface area contributed by atoms with Crippen LogP contribution in [-0.4, -0.2) is 47.1 Å². The van der Waals surface area contributed by atoms with Crippen LogP contribution in [0, 0.1) is 18.7 Å². The van der Waals surface area contributed by atoms with Gasteiger partial charge in [0.15, 0.2) is 0 Å². The van der Waals surface area contributed by atoms with Crippen molar-refractivity contribution in [3.05, 3.63) is 142 Å². The number of rotatable bonds is 11. The third kappa shape index (κ3) is 8.48. The van der Waals surface area contributed by atoms with Crippen LogP contribution in [0.15, 0.2) is 97.1 Å². The van der Waals surface area contributed by atoms with E-state index in [0.717, 1.165) is 29.7 Å². The maximum absolute atomic E-state index is 14.0. The van der Waals surface area contributed by atoms with E-state index in [1.54, 1.807) is 48.2 Å². The van der Waals surface area contributed by atoms with Crippen molar-refractivity contribution < 1.29 is 32.3 Å². The third-order valence-corrected chi connectivity index (χ3v) is 8.87. The second-order valence-corrected chi connectivity index (χ2v) is 12.5. The fourth-order valence-corrected chi connectivity index (χ4v) is 6.26. The second kappa shape index (κ2) is 15.1. The molecule has 2 amide bonds. The van der Waals surface area contributed by atoms with E-state index in [1.807, 2.05) is 30.3 Å². The number of aryl methyl sites for hydroxylation is 1. The van der Waals surface area contributed by atoms with Crippen molar-refractivity contribution in [2.24, 2.45) is 5.92 Å². The summed E-state index contributed by atoms with van der Waals surface area (Å²) in [6, 6.07) is 24.6. The quantitative estimate of drug-likeness (QED) is 0.153. The Morgan fingerprint density at radius 2 is 1.62 bits per heavy atom. The first-order chi connectivity index (χ1) is 22.9. The van der Waals surface area contributed by atoms with Gasteiger partial charge in [-0.1, -0.05) is 73.7 Å². The van der Waals surface area contributed by atoms with Crippen LogP contribution in [0.3, 0.4) is 0 Å². The maximum Gasteiger partial charge on any atom is 0.416 e. The van der Waals surface area contributed by atoms with Crippen molar-refractivity contribution >= 4 is 11.8 Å². The van der Waals surface area contributed by atoms with E-state index in [4.69, 9.17) is 0 Å². The molecule has 48 heavy (non-hydrogen) atoms. The molecule has 0 aliphatic carbocycles. The molecule has 1 heterocycles. The molecule has 5 rings (SSSR count). The van der Waals surface area contributed by atoms with Crippen LogP contribution >= 0.6 is 0 Å². The first-order valence-electron chi connectivity index (χ1n) is 16.0. The number of benzene rings is 4. The van der Waals surface area contributed by atoms with E-state index in [1.165, 1.54) is 18.2 Å². The third-order valence-electron chi connectivity index (χ3n) is 8.87. The lowest BCUT2D eigenvalue weighted by molar-refractivity contribution is -0.137. The van der Waals surface area contributed by atoms with Gasteiger partial charge < -0.3 is 20.6 Å². The molecule has 4 atom stereocenters. The molecule has 6 nitrogen and oxygen atoms in total.